The Morgan fingerprint density at radius 1 is 1.12 bits per heavy atom. The van der Waals surface area contributed by atoms with E-state index in [2.05, 4.69) is 21.2 Å². The highest BCUT2D eigenvalue weighted by atomic mass is 79.9. The van der Waals surface area contributed by atoms with E-state index in [1.54, 1.807) is 12.1 Å². The average molecular weight is 417 g/mol. The summed E-state index contributed by atoms with van der Waals surface area (Å²) in [7, 11) is -2.21. The summed E-state index contributed by atoms with van der Waals surface area (Å²) in [5.74, 6) is -0.233. The predicted molar refractivity (Wildman–Crippen MR) is 98.2 cm³/mol. The number of hydrogen-bond acceptors (Lipinski definition) is 3. The molecule has 2 rings (SSSR count). The van der Waals surface area contributed by atoms with Crippen molar-refractivity contribution in [2.24, 2.45) is 0 Å². The van der Waals surface area contributed by atoms with Gasteiger partial charge in [0.25, 0.3) is 0 Å². The van der Waals surface area contributed by atoms with Crippen molar-refractivity contribution >= 4 is 31.9 Å². The molecule has 1 amide bonds. The van der Waals surface area contributed by atoms with Crippen LogP contribution in [0.3, 0.4) is 0 Å². The third-order valence-corrected chi connectivity index (χ3v) is 6.70. The van der Waals surface area contributed by atoms with Crippen LogP contribution in [0.15, 0.2) is 33.6 Å². The Balaban J connectivity index is 1.93. The van der Waals surface area contributed by atoms with Crippen LogP contribution in [0.5, 0.6) is 0 Å². The zero-order valence-corrected chi connectivity index (χ0v) is 16.4. The third-order valence-electron chi connectivity index (χ3n) is 4.36. The molecule has 0 radical (unpaired) electrons. The van der Waals surface area contributed by atoms with Gasteiger partial charge < -0.3 is 5.32 Å². The van der Waals surface area contributed by atoms with Gasteiger partial charge in [-0.15, -0.1) is 0 Å². The van der Waals surface area contributed by atoms with Gasteiger partial charge in [-0.25, -0.2) is 8.42 Å². The lowest BCUT2D eigenvalue weighted by molar-refractivity contribution is -0.121. The quantitative estimate of drug-likeness (QED) is 0.800. The summed E-state index contributed by atoms with van der Waals surface area (Å²) in [6.45, 7) is -0.158. The molecule has 0 aliphatic heterocycles. The van der Waals surface area contributed by atoms with Gasteiger partial charge in [-0.1, -0.05) is 48.0 Å². The smallest absolute Gasteiger partial charge is 0.243 e. The molecule has 1 aliphatic carbocycles. The molecule has 0 spiro atoms. The molecule has 1 saturated carbocycles. The number of nitrogens with zero attached hydrogens (tertiary/aromatic N) is 1. The maximum atomic E-state index is 12.5. The molecule has 1 aromatic rings. The van der Waals surface area contributed by atoms with Gasteiger partial charge in [-0.3, -0.25) is 4.79 Å². The van der Waals surface area contributed by atoms with Gasteiger partial charge in [0.1, 0.15) is 0 Å². The number of carbonyl (C=O) groups excluding carboxylic acids is 1. The SMILES string of the molecule is CN(CC(=O)NC1CCCCCCC1)S(=O)(=O)c1ccc(Br)cc1. The van der Waals surface area contributed by atoms with Crippen molar-refractivity contribution in [3.8, 4) is 0 Å². The van der Waals surface area contributed by atoms with Crippen LogP contribution in [0, 0.1) is 0 Å². The van der Waals surface area contributed by atoms with Gasteiger partial charge in [-0.05, 0) is 37.1 Å². The Morgan fingerprint density at radius 2 is 1.67 bits per heavy atom. The van der Waals surface area contributed by atoms with E-state index in [-0.39, 0.29) is 23.4 Å². The Kier molecular flexibility index (Phi) is 7.25. The van der Waals surface area contributed by atoms with Gasteiger partial charge in [0.2, 0.25) is 15.9 Å². The van der Waals surface area contributed by atoms with E-state index in [9.17, 15) is 13.2 Å². The van der Waals surface area contributed by atoms with Gasteiger partial charge >= 0.3 is 0 Å². The summed E-state index contributed by atoms with van der Waals surface area (Å²) in [5, 5.41) is 3.00. The largest absolute Gasteiger partial charge is 0.352 e. The van der Waals surface area contributed by atoms with Gasteiger partial charge in [-0.2, -0.15) is 4.31 Å². The number of halogens is 1. The van der Waals surface area contributed by atoms with Crippen molar-refractivity contribution in [2.45, 2.75) is 55.9 Å². The van der Waals surface area contributed by atoms with Crippen LogP contribution in [0.1, 0.15) is 44.9 Å². The average Bonchev–Trinajstić information content (AvgIpc) is 2.50. The fourth-order valence-electron chi connectivity index (χ4n) is 2.95. The summed E-state index contributed by atoms with van der Waals surface area (Å²) in [6, 6.07) is 6.58. The molecule has 1 aliphatic rings. The molecule has 0 atom stereocenters. The van der Waals surface area contributed by atoms with Crippen LogP contribution in [0.2, 0.25) is 0 Å². The Hall–Kier alpha value is -0.920. The molecule has 134 valence electrons. The van der Waals surface area contributed by atoms with Crippen LogP contribution in [0.25, 0.3) is 0 Å². The maximum absolute atomic E-state index is 12.5. The molecule has 7 heteroatoms. The van der Waals surface area contributed by atoms with Crippen molar-refractivity contribution < 1.29 is 13.2 Å². The summed E-state index contributed by atoms with van der Waals surface area (Å²) in [4.78, 5) is 12.4. The van der Waals surface area contributed by atoms with Crippen molar-refractivity contribution in [3.63, 3.8) is 0 Å². The van der Waals surface area contributed by atoms with E-state index in [4.69, 9.17) is 0 Å². The summed E-state index contributed by atoms with van der Waals surface area (Å²) in [6.07, 6.45) is 7.91. The zero-order chi connectivity index (χ0) is 17.6. The number of amides is 1. The minimum atomic E-state index is -3.65. The molecule has 0 aromatic heterocycles. The molecular formula is C17H25BrN2O3S. The van der Waals surface area contributed by atoms with E-state index < -0.39 is 10.0 Å². The van der Waals surface area contributed by atoms with Crippen LogP contribution in [-0.2, 0) is 14.8 Å². The molecular weight excluding hydrogens is 392 g/mol. The van der Waals surface area contributed by atoms with Gasteiger partial charge in [0.15, 0.2) is 0 Å². The molecule has 5 nitrogen and oxygen atoms in total. The van der Waals surface area contributed by atoms with Crippen LogP contribution in [0.4, 0.5) is 0 Å². The molecule has 24 heavy (non-hydrogen) atoms. The normalized spacial score (nSPS) is 17.3. The van der Waals surface area contributed by atoms with E-state index in [0.29, 0.717) is 0 Å². The van der Waals surface area contributed by atoms with Gasteiger partial charge in [0, 0.05) is 17.6 Å². The van der Waals surface area contributed by atoms with Crippen molar-refractivity contribution in [1.82, 2.24) is 9.62 Å². The predicted octanol–water partition coefficient (Wildman–Crippen LogP) is 3.30. The highest BCUT2D eigenvalue weighted by molar-refractivity contribution is 9.10. The number of sulfonamides is 1. The second kappa shape index (κ2) is 8.97. The molecule has 0 heterocycles. The molecule has 1 N–H and O–H groups in total. The molecule has 0 unspecified atom stereocenters. The van der Waals surface area contributed by atoms with Crippen molar-refractivity contribution in [2.75, 3.05) is 13.6 Å². The lowest BCUT2D eigenvalue weighted by Crippen LogP contribution is -2.42. The number of nitrogens with one attached hydrogen (secondary N) is 1. The Bertz CT molecular complexity index is 638. The fourth-order valence-corrected chi connectivity index (χ4v) is 4.34. The highest BCUT2D eigenvalue weighted by Crippen LogP contribution is 2.19. The van der Waals surface area contributed by atoms with Crippen LogP contribution >= 0.6 is 15.9 Å². The second-order valence-electron chi connectivity index (χ2n) is 6.32. The first-order valence-corrected chi connectivity index (χ1v) is 10.6. The summed E-state index contributed by atoms with van der Waals surface area (Å²) < 4.78 is 26.9. The van der Waals surface area contributed by atoms with Crippen molar-refractivity contribution in [3.05, 3.63) is 28.7 Å². The number of carbonyl (C=O) groups is 1. The number of benzene rings is 1. The summed E-state index contributed by atoms with van der Waals surface area (Å²) >= 11 is 3.28. The van der Waals surface area contributed by atoms with E-state index in [1.807, 2.05) is 0 Å². The standard InChI is InChI=1S/C17H25BrN2O3S/c1-20(24(22,23)16-11-9-14(18)10-12-16)13-17(21)19-15-7-5-3-2-4-6-8-15/h9-12,15H,2-8,13H2,1H3,(H,19,21). The maximum Gasteiger partial charge on any atom is 0.243 e. The van der Waals surface area contributed by atoms with Crippen LogP contribution < -0.4 is 5.32 Å². The lowest BCUT2D eigenvalue weighted by Gasteiger charge is -2.23. The minimum absolute atomic E-state index is 0.158. The lowest BCUT2D eigenvalue weighted by atomic mass is 9.97. The van der Waals surface area contributed by atoms with Crippen molar-refractivity contribution in [1.29, 1.82) is 0 Å². The van der Waals surface area contributed by atoms with E-state index in [0.717, 1.165) is 34.5 Å². The second-order valence-corrected chi connectivity index (χ2v) is 9.29. The molecule has 0 saturated heterocycles. The van der Waals surface area contributed by atoms with Crippen LogP contribution in [-0.4, -0.2) is 38.3 Å². The minimum Gasteiger partial charge on any atom is -0.352 e. The Morgan fingerprint density at radius 3 is 2.25 bits per heavy atom. The van der Waals surface area contributed by atoms with E-state index in [1.165, 1.54) is 38.4 Å². The summed E-state index contributed by atoms with van der Waals surface area (Å²) in [5.41, 5.74) is 0. The molecule has 1 aromatic carbocycles. The highest BCUT2D eigenvalue weighted by Gasteiger charge is 2.24. The first-order valence-electron chi connectivity index (χ1n) is 8.41. The first-order chi connectivity index (χ1) is 11.4. The monoisotopic (exact) mass is 416 g/mol. The molecule has 1 fully saturated rings. The Labute approximate surface area is 153 Å². The number of likely N-dealkylation sites (N-methyl/N-ethyl adjacent to an activating group) is 1. The van der Waals surface area contributed by atoms with Gasteiger partial charge in [0.05, 0.1) is 11.4 Å². The van der Waals surface area contributed by atoms with E-state index >= 15 is 0 Å². The number of rotatable bonds is 5. The third kappa shape index (κ3) is 5.57. The topological polar surface area (TPSA) is 66.5 Å². The molecule has 0 bridgehead atoms. The fraction of sp³-hybridized carbons (Fsp3) is 0.588. The zero-order valence-electron chi connectivity index (χ0n) is 14.0. The first kappa shape index (κ1) is 19.4. The number of hydrogen-bond donors (Lipinski definition) is 1.